The number of nitrogens with one attached hydrogen (secondary N) is 1. The lowest BCUT2D eigenvalue weighted by Crippen LogP contribution is -2.18. The highest BCUT2D eigenvalue weighted by Crippen LogP contribution is 2.37. The third kappa shape index (κ3) is 6.73. The first-order valence-electron chi connectivity index (χ1n) is 8.68. The molecule has 2 aromatic carbocycles. The summed E-state index contributed by atoms with van der Waals surface area (Å²) in [5.41, 5.74) is 3.15. The van der Waals surface area contributed by atoms with Gasteiger partial charge in [0.2, 0.25) is 11.7 Å². The van der Waals surface area contributed by atoms with Crippen LogP contribution in [0.1, 0.15) is 18.4 Å². The molecule has 2 rings (SSSR count). The number of amides is 1. The van der Waals surface area contributed by atoms with Crippen molar-refractivity contribution in [1.82, 2.24) is 5.43 Å². The lowest BCUT2D eigenvalue weighted by Gasteiger charge is -2.12. The fraction of sp³-hybridized carbons (Fsp3) is 0.300. The largest absolute Gasteiger partial charge is 0.493 e. The van der Waals surface area contributed by atoms with Gasteiger partial charge in [-0.3, -0.25) is 4.79 Å². The van der Waals surface area contributed by atoms with Crippen molar-refractivity contribution in [2.75, 3.05) is 27.9 Å². The van der Waals surface area contributed by atoms with Crippen molar-refractivity contribution in [2.24, 2.45) is 5.10 Å². The topological polar surface area (TPSA) is 78.4 Å². The lowest BCUT2D eigenvalue weighted by molar-refractivity contribution is -0.121. The molecule has 0 aliphatic carbocycles. The van der Waals surface area contributed by atoms with Crippen LogP contribution in [0.2, 0.25) is 10.0 Å². The van der Waals surface area contributed by atoms with Crippen LogP contribution in [0.25, 0.3) is 0 Å². The minimum Gasteiger partial charge on any atom is -0.493 e. The number of rotatable bonds is 10. The number of methoxy groups -OCH3 is 3. The number of ether oxygens (including phenoxy) is 4. The predicted molar refractivity (Wildman–Crippen MR) is 113 cm³/mol. The average molecular weight is 441 g/mol. The Morgan fingerprint density at radius 2 is 1.72 bits per heavy atom. The second kappa shape index (κ2) is 11.4. The van der Waals surface area contributed by atoms with E-state index in [-0.39, 0.29) is 12.3 Å². The van der Waals surface area contributed by atoms with Crippen LogP contribution in [0.4, 0.5) is 0 Å². The quantitative estimate of drug-likeness (QED) is 0.338. The molecule has 7 nitrogen and oxygen atoms in total. The summed E-state index contributed by atoms with van der Waals surface area (Å²) in [5.74, 6) is 1.77. The Morgan fingerprint density at radius 1 is 1.03 bits per heavy atom. The number of nitrogens with zero attached hydrogens (tertiary/aromatic N) is 1. The first-order valence-corrected chi connectivity index (χ1v) is 9.43. The molecule has 0 fully saturated rings. The van der Waals surface area contributed by atoms with E-state index in [1.165, 1.54) is 27.5 Å². The van der Waals surface area contributed by atoms with E-state index >= 15 is 0 Å². The van der Waals surface area contributed by atoms with E-state index in [9.17, 15) is 4.79 Å². The van der Waals surface area contributed by atoms with Gasteiger partial charge in [0.05, 0.1) is 39.2 Å². The van der Waals surface area contributed by atoms with E-state index < -0.39 is 0 Å². The van der Waals surface area contributed by atoms with Crippen LogP contribution < -0.4 is 24.4 Å². The van der Waals surface area contributed by atoms with Gasteiger partial charge in [-0.2, -0.15) is 5.10 Å². The van der Waals surface area contributed by atoms with E-state index in [1.807, 2.05) is 0 Å². The van der Waals surface area contributed by atoms with Crippen LogP contribution in [-0.4, -0.2) is 40.1 Å². The summed E-state index contributed by atoms with van der Waals surface area (Å²) >= 11 is 11.9. The SMILES string of the molecule is COc1cc(C=NNC(=O)CCCOc2ccc(Cl)cc2Cl)cc(OC)c1OC. The summed E-state index contributed by atoms with van der Waals surface area (Å²) in [4.78, 5) is 11.9. The summed E-state index contributed by atoms with van der Waals surface area (Å²) in [5, 5.41) is 4.92. The van der Waals surface area contributed by atoms with Crippen LogP contribution in [-0.2, 0) is 4.79 Å². The number of benzene rings is 2. The molecule has 0 heterocycles. The highest BCUT2D eigenvalue weighted by atomic mass is 35.5. The number of halogens is 2. The van der Waals surface area contributed by atoms with Crippen LogP contribution in [0.5, 0.6) is 23.0 Å². The zero-order valence-electron chi connectivity index (χ0n) is 16.3. The van der Waals surface area contributed by atoms with Gasteiger partial charge >= 0.3 is 0 Å². The lowest BCUT2D eigenvalue weighted by atomic mass is 10.2. The molecule has 0 radical (unpaired) electrons. The summed E-state index contributed by atoms with van der Waals surface area (Å²) in [6.07, 6.45) is 2.24. The predicted octanol–water partition coefficient (Wildman–Crippen LogP) is 4.33. The van der Waals surface area contributed by atoms with Gasteiger partial charge in [-0.1, -0.05) is 23.2 Å². The Kier molecular flexibility index (Phi) is 8.89. The van der Waals surface area contributed by atoms with Gasteiger partial charge in [0.1, 0.15) is 5.75 Å². The molecule has 0 saturated carbocycles. The van der Waals surface area contributed by atoms with Crippen molar-refractivity contribution in [3.63, 3.8) is 0 Å². The number of carbonyl (C=O) groups is 1. The van der Waals surface area contributed by atoms with Crippen molar-refractivity contribution >= 4 is 35.3 Å². The molecule has 0 unspecified atom stereocenters. The molecule has 9 heteroatoms. The monoisotopic (exact) mass is 440 g/mol. The average Bonchev–Trinajstić information content (AvgIpc) is 2.71. The molecule has 29 heavy (non-hydrogen) atoms. The Hall–Kier alpha value is -2.64. The Labute approximate surface area is 179 Å². The van der Waals surface area contributed by atoms with Crippen molar-refractivity contribution in [2.45, 2.75) is 12.8 Å². The summed E-state index contributed by atoms with van der Waals surface area (Å²) in [6.45, 7) is 0.339. The Balaban J connectivity index is 1.82. The minimum atomic E-state index is -0.237. The fourth-order valence-corrected chi connectivity index (χ4v) is 2.88. The maximum absolute atomic E-state index is 11.9. The Morgan fingerprint density at radius 3 is 2.31 bits per heavy atom. The first kappa shape index (κ1) is 22.6. The first-order chi connectivity index (χ1) is 14.0. The number of hydrogen-bond donors (Lipinski definition) is 1. The third-order valence-electron chi connectivity index (χ3n) is 3.79. The minimum absolute atomic E-state index is 0.237. The van der Waals surface area contributed by atoms with Crippen LogP contribution in [0, 0.1) is 0 Å². The van der Waals surface area contributed by atoms with Gasteiger partial charge < -0.3 is 18.9 Å². The molecule has 1 N–H and O–H groups in total. The molecular formula is C20H22Cl2N2O5. The molecule has 0 aromatic heterocycles. The second-order valence-electron chi connectivity index (χ2n) is 5.78. The van der Waals surface area contributed by atoms with E-state index in [4.69, 9.17) is 42.1 Å². The van der Waals surface area contributed by atoms with Crippen LogP contribution >= 0.6 is 23.2 Å². The van der Waals surface area contributed by atoms with Crippen molar-refractivity contribution < 1.29 is 23.7 Å². The van der Waals surface area contributed by atoms with Crippen molar-refractivity contribution in [3.05, 3.63) is 45.9 Å². The highest BCUT2D eigenvalue weighted by Gasteiger charge is 2.12. The third-order valence-corrected chi connectivity index (χ3v) is 4.32. The fourth-order valence-electron chi connectivity index (χ4n) is 2.42. The zero-order chi connectivity index (χ0) is 21.2. The maximum Gasteiger partial charge on any atom is 0.240 e. The summed E-state index contributed by atoms with van der Waals surface area (Å²) in [6, 6.07) is 8.42. The standard InChI is InChI=1S/C20H22Cl2N2O5/c1-26-17-9-13(10-18(27-2)20(17)28-3)12-23-24-19(25)5-4-8-29-16-7-6-14(21)11-15(16)22/h6-7,9-12H,4-5,8H2,1-3H3,(H,24,25). The normalized spacial score (nSPS) is 10.7. The van der Waals surface area contributed by atoms with Gasteiger partial charge in [0.25, 0.3) is 0 Å². The van der Waals surface area contributed by atoms with Gasteiger partial charge in [-0.05, 0) is 36.8 Å². The molecule has 0 aliphatic heterocycles. The van der Waals surface area contributed by atoms with E-state index in [2.05, 4.69) is 10.5 Å². The van der Waals surface area contributed by atoms with E-state index in [1.54, 1.807) is 30.3 Å². The van der Waals surface area contributed by atoms with Gasteiger partial charge in [0.15, 0.2) is 11.5 Å². The highest BCUT2D eigenvalue weighted by molar-refractivity contribution is 6.35. The summed E-state index contributed by atoms with van der Waals surface area (Å²) < 4.78 is 21.4. The van der Waals surface area contributed by atoms with Gasteiger partial charge in [-0.25, -0.2) is 5.43 Å². The maximum atomic E-state index is 11.9. The van der Waals surface area contributed by atoms with Crippen LogP contribution in [0.15, 0.2) is 35.4 Å². The summed E-state index contributed by atoms with van der Waals surface area (Å²) in [7, 11) is 4.58. The molecule has 0 spiro atoms. The molecular weight excluding hydrogens is 419 g/mol. The van der Waals surface area contributed by atoms with Gasteiger partial charge in [0, 0.05) is 17.0 Å². The molecule has 0 saturated heterocycles. The number of hydrogen-bond acceptors (Lipinski definition) is 6. The second-order valence-corrected chi connectivity index (χ2v) is 6.62. The molecule has 1 amide bonds. The number of carbonyl (C=O) groups excluding carboxylic acids is 1. The molecule has 0 aliphatic rings. The zero-order valence-corrected chi connectivity index (χ0v) is 17.8. The molecule has 0 atom stereocenters. The number of hydrazone groups is 1. The molecule has 2 aromatic rings. The van der Waals surface area contributed by atoms with E-state index in [0.717, 1.165) is 0 Å². The smallest absolute Gasteiger partial charge is 0.240 e. The molecule has 0 bridgehead atoms. The molecule has 156 valence electrons. The Bertz CT molecular complexity index is 849. The van der Waals surface area contributed by atoms with Crippen molar-refractivity contribution in [3.8, 4) is 23.0 Å². The van der Waals surface area contributed by atoms with Crippen LogP contribution in [0.3, 0.4) is 0 Å². The van der Waals surface area contributed by atoms with Gasteiger partial charge in [-0.15, -0.1) is 0 Å². The van der Waals surface area contributed by atoms with E-state index in [0.29, 0.717) is 51.6 Å². The van der Waals surface area contributed by atoms with Crippen molar-refractivity contribution in [1.29, 1.82) is 0 Å².